The van der Waals surface area contributed by atoms with Gasteiger partial charge in [0.25, 0.3) is 11.8 Å². The maximum atomic E-state index is 13.2. The molecule has 0 saturated carbocycles. The van der Waals surface area contributed by atoms with Crippen molar-refractivity contribution in [3.63, 3.8) is 0 Å². The van der Waals surface area contributed by atoms with E-state index in [4.69, 9.17) is 21.7 Å². The number of rotatable bonds is 6. The summed E-state index contributed by atoms with van der Waals surface area (Å²) in [5, 5.41) is 2.60. The van der Waals surface area contributed by atoms with Crippen LogP contribution in [0, 0.1) is 0 Å². The van der Waals surface area contributed by atoms with E-state index in [2.05, 4.69) is 37.2 Å². The number of hydrogen-bond donors (Lipinski definition) is 1. The molecule has 6 nitrogen and oxygen atoms in total. The number of nitrogens with one attached hydrogen (secondary N) is 1. The molecule has 0 bridgehead atoms. The van der Waals surface area contributed by atoms with Gasteiger partial charge in [-0.1, -0.05) is 30.3 Å². The maximum Gasteiger partial charge on any atom is 0.270 e. The number of nitrogens with zero attached hydrogens (tertiary/aromatic N) is 1. The van der Waals surface area contributed by atoms with Crippen LogP contribution in [0.25, 0.3) is 6.08 Å². The molecule has 0 unspecified atom stereocenters. The third-order valence-corrected chi connectivity index (χ3v) is 6.45. The van der Waals surface area contributed by atoms with Crippen molar-refractivity contribution in [1.82, 2.24) is 5.32 Å². The first-order chi connectivity index (χ1) is 16.4. The molecule has 1 fully saturated rings. The molecular weight excluding hydrogens is 584 g/mol. The zero-order chi connectivity index (χ0) is 24.2. The van der Waals surface area contributed by atoms with Crippen molar-refractivity contribution >= 4 is 72.8 Å². The van der Waals surface area contributed by atoms with Crippen LogP contribution in [-0.4, -0.2) is 24.0 Å². The molecule has 1 aliphatic rings. The fourth-order valence-corrected chi connectivity index (χ4v) is 5.05. The van der Waals surface area contributed by atoms with E-state index in [0.29, 0.717) is 38.3 Å². The molecule has 1 aliphatic heterocycles. The number of carbonyl (C=O) groups excluding carboxylic acids is 2. The van der Waals surface area contributed by atoms with Gasteiger partial charge < -0.3 is 9.47 Å². The first-order valence-corrected chi connectivity index (χ1v) is 12.1. The quantitative estimate of drug-likeness (QED) is 0.225. The molecule has 0 spiro atoms. The summed E-state index contributed by atoms with van der Waals surface area (Å²) in [7, 11) is 1.56. The summed E-state index contributed by atoms with van der Waals surface area (Å²) in [5.41, 5.74) is 2.15. The topological polar surface area (TPSA) is 67.9 Å². The predicted molar refractivity (Wildman–Crippen MR) is 142 cm³/mol. The molecule has 2 amide bonds. The van der Waals surface area contributed by atoms with Gasteiger partial charge in [-0.3, -0.25) is 19.8 Å². The van der Waals surface area contributed by atoms with Gasteiger partial charge in [-0.2, -0.15) is 0 Å². The van der Waals surface area contributed by atoms with Gasteiger partial charge in [0.15, 0.2) is 5.11 Å². The van der Waals surface area contributed by atoms with Crippen LogP contribution in [0.3, 0.4) is 0 Å². The number of amides is 2. The van der Waals surface area contributed by atoms with Crippen molar-refractivity contribution in [3.8, 4) is 11.5 Å². The van der Waals surface area contributed by atoms with Crippen LogP contribution in [0.2, 0.25) is 0 Å². The molecule has 4 rings (SSSR count). The average molecular weight is 602 g/mol. The molecule has 172 valence electrons. The molecule has 0 aliphatic carbocycles. The maximum absolute atomic E-state index is 13.2. The normalized spacial score (nSPS) is 14.9. The van der Waals surface area contributed by atoms with Gasteiger partial charge in [0.2, 0.25) is 0 Å². The third-order valence-electron chi connectivity index (χ3n) is 4.99. The Morgan fingerprint density at radius 3 is 2.26 bits per heavy atom. The Bertz CT molecular complexity index is 1270. The van der Waals surface area contributed by atoms with Crippen LogP contribution in [0.15, 0.2) is 81.2 Å². The van der Waals surface area contributed by atoms with Gasteiger partial charge >= 0.3 is 0 Å². The highest BCUT2D eigenvalue weighted by Crippen LogP contribution is 2.36. The minimum absolute atomic E-state index is 0.0179. The number of methoxy groups -OCH3 is 1. The second-order valence-corrected chi connectivity index (χ2v) is 9.34. The minimum Gasteiger partial charge on any atom is -0.497 e. The lowest BCUT2D eigenvalue weighted by atomic mass is 10.1. The van der Waals surface area contributed by atoms with Crippen molar-refractivity contribution < 1.29 is 19.1 Å². The van der Waals surface area contributed by atoms with Crippen LogP contribution < -0.4 is 19.7 Å². The summed E-state index contributed by atoms with van der Waals surface area (Å²) in [4.78, 5) is 27.1. The van der Waals surface area contributed by atoms with Crippen LogP contribution in [0.4, 0.5) is 5.69 Å². The number of anilines is 1. The highest BCUT2D eigenvalue weighted by atomic mass is 79.9. The number of halogens is 2. The standard InChI is InChI=1S/C25H18Br2N2O4S/c1-32-18-9-7-17(8-10-18)29-24(31)19(23(30)28-25(29)34)11-16-12-20(26)22(21(27)13-16)33-14-15-5-3-2-4-6-15/h2-13H,14H2,1H3,(H,28,30,34)/b19-11-. The first-order valence-electron chi connectivity index (χ1n) is 10.1. The lowest BCUT2D eigenvalue weighted by molar-refractivity contribution is -0.122. The van der Waals surface area contributed by atoms with Crippen molar-refractivity contribution in [2.24, 2.45) is 0 Å². The third kappa shape index (κ3) is 5.22. The van der Waals surface area contributed by atoms with E-state index in [9.17, 15) is 9.59 Å². The van der Waals surface area contributed by atoms with E-state index >= 15 is 0 Å². The fraction of sp³-hybridized carbons (Fsp3) is 0.0800. The zero-order valence-electron chi connectivity index (χ0n) is 17.9. The second kappa shape index (κ2) is 10.5. The second-order valence-electron chi connectivity index (χ2n) is 7.24. The number of thiocarbonyl (C=S) groups is 1. The van der Waals surface area contributed by atoms with Gasteiger partial charge in [0.1, 0.15) is 23.7 Å². The van der Waals surface area contributed by atoms with E-state index in [-0.39, 0.29) is 10.7 Å². The summed E-state index contributed by atoms with van der Waals surface area (Å²) in [6.07, 6.45) is 1.52. The molecule has 0 radical (unpaired) electrons. The minimum atomic E-state index is -0.559. The zero-order valence-corrected chi connectivity index (χ0v) is 21.9. The van der Waals surface area contributed by atoms with E-state index in [1.165, 1.54) is 11.0 Å². The van der Waals surface area contributed by atoms with Crippen LogP contribution >= 0.6 is 44.1 Å². The number of benzene rings is 3. The van der Waals surface area contributed by atoms with E-state index in [0.717, 1.165) is 5.56 Å². The molecule has 3 aromatic carbocycles. The summed E-state index contributed by atoms with van der Waals surface area (Å²) >= 11 is 12.3. The van der Waals surface area contributed by atoms with Crippen LogP contribution in [0.1, 0.15) is 11.1 Å². The molecule has 1 N–H and O–H groups in total. The molecule has 1 saturated heterocycles. The van der Waals surface area contributed by atoms with Crippen LogP contribution in [-0.2, 0) is 16.2 Å². The largest absolute Gasteiger partial charge is 0.497 e. The first kappa shape index (κ1) is 24.1. The Kier molecular flexibility index (Phi) is 7.45. The van der Waals surface area contributed by atoms with E-state index in [1.54, 1.807) is 43.5 Å². The highest BCUT2D eigenvalue weighted by Gasteiger charge is 2.34. The number of carbonyl (C=O) groups is 2. The smallest absolute Gasteiger partial charge is 0.270 e. The summed E-state index contributed by atoms with van der Waals surface area (Å²) in [5.74, 6) is 0.182. The molecule has 0 aromatic heterocycles. The van der Waals surface area contributed by atoms with Crippen molar-refractivity contribution in [2.45, 2.75) is 6.61 Å². The molecule has 34 heavy (non-hydrogen) atoms. The summed E-state index contributed by atoms with van der Waals surface area (Å²) in [6.45, 7) is 0.396. The molecule has 1 heterocycles. The lowest BCUT2D eigenvalue weighted by Gasteiger charge is -2.29. The molecular formula is C25H18Br2N2O4S. The van der Waals surface area contributed by atoms with Crippen molar-refractivity contribution in [1.29, 1.82) is 0 Å². The monoisotopic (exact) mass is 600 g/mol. The van der Waals surface area contributed by atoms with Gasteiger partial charge in [0, 0.05) is 0 Å². The van der Waals surface area contributed by atoms with Gasteiger partial charge in [0.05, 0.1) is 21.7 Å². The average Bonchev–Trinajstić information content (AvgIpc) is 2.82. The van der Waals surface area contributed by atoms with E-state index in [1.807, 2.05) is 30.3 Å². The van der Waals surface area contributed by atoms with Gasteiger partial charge in [-0.05, 0) is 97.7 Å². The number of ether oxygens (including phenoxy) is 2. The summed E-state index contributed by atoms with van der Waals surface area (Å²) < 4.78 is 12.5. The van der Waals surface area contributed by atoms with Crippen molar-refractivity contribution in [3.05, 3.63) is 92.4 Å². The Hall–Kier alpha value is -3.01. The Balaban J connectivity index is 1.60. The fourth-order valence-electron chi connectivity index (χ4n) is 3.32. The molecule has 0 atom stereocenters. The molecule has 9 heteroatoms. The van der Waals surface area contributed by atoms with Gasteiger partial charge in [-0.15, -0.1) is 0 Å². The Labute approximate surface area is 218 Å². The van der Waals surface area contributed by atoms with Gasteiger partial charge in [-0.25, -0.2) is 0 Å². The summed E-state index contributed by atoms with van der Waals surface area (Å²) in [6, 6.07) is 20.2. The SMILES string of the molecule is COc1ccc(N2C(=O)/C(=C\c3cc(Br)c(OCc4ccccc4)c(Br)c3)C(=O)NC2=S)cc1. The predicted octanol–water partition coefficient (Wildman–Crippen LogP) is 5.63. The van der Waals surface area contributed by atoms with Crippen molar-refractivity contribution in [2.75, 3.05) is 12.0 Å². The van der Waals surface area contributed by atoms with E-state index < -0.39 is 11.8 Å². The number of hydrogen-bond acceptors (Lipinski definition) is 5. The highest BCUT2D eigenvalue weighted by molar-refractivity contribution is 9.11. The van der Waals surface area contributed by atoms with Crippen LogP contribution in [0.5, 0.6) is 11.5 Å². The lowest BCUT2D eigenvalue weighted by Crippen LogP contribution is -2.54. The Morgan fingerprint density at radius 2 is 1.65 bits per heavy atom. The Morgan fingerprint density at radius 1 is 1.00 bits per heavy atom. The molecule has 3 aromatic rings.